The van der Waals surface area contributed by atoms with Gasteiger partial charge in [-0.1, -0.05) is 12.1 Å². The van der Waals surface area contributed by atoms with Crippen LogP contribution in [0.2, 0.25) is 0 Å². The van der Waals surface area contributed by atoms with Gasteiger partial charge in [-0.3, -0.25) is 4.57 Å². The van der Waals surface area contributed by atoms with E-state index >= 15 is 0 Å². The van der Waals surface area contributed by atoms with Crippen molar-refractivity contribution in [2.45, 2.75) is 37.2 Å². The van der Waals surface area contributed by atoms with Gasteiger partial charge in [0.2, 0.25) is 10.0 Å². The zero-order valence-electron chi connectivity index (χ0n) is 17.1. The van der Waals surface area contributed by atoms with Crippen LogP contribution in [0.4, 0.5) is 19.0 Å². The molecule has 2 N–H and O–H groups in total. The Morgan fingerprint density at radius 2 is 2.06 bits per heavy atom. The van der Waals surface area contributed by atoms with E-state index in [0.717, 1.165) is 12.1 Å². The van der Waals surface area contributed by atoms with E-state index in [0.29, 0.717) is 29.4 Å². The maximum absolute atomic E-state index is 13.0. The summed E-state index contributed by atoms with van der Waals surface area (Å²) in [6.45, 7) is 2.54. The van der Waals surface area contributed by atoms with Crippen molar-refractivity contribution < 1.29 is 26.3 Å². The second-order valence-corrected chi connectivity index (χ2v) is 9.20. The van der Waals surface area contributed by atoms with E-state index in [9.17, 15) is 21.6 Å². The third kappa shape index (κ3) is 4.41. The Morgan fingerprint density at radius 1 is 1.28 bits per heavy atom. The van der Waals surface area contributed by atoms with Crippen LogP contribution in [-0.4, -0.2) is 36.1 Å². The lowest BCUT2D eigenvalue weighted by atomic mass is 10.1. The number of alkyl halides is 3. The number of benzene rings is 1. The molecule has 1 unspecified atom stereocenters. The highest BCUT2D eigenvalue weighted by Gasteiger charge is 2.30. The first-order chi connectivity index (χ1) is 15.1. The number of nitrogens with one attached hydrogen (secondary N) is 2. The van der Waals surface area contributed by atoms with Gasteiger partial charge in [0, 0.05) is 24.5 Å². The molecular formula is C20H20F3N5O3S. The molecule has 1 aliphatic heterocycles. The largest absolute Gasteiger partial charge is 0.460 e. The Morgan fingerprint density at radius 3 is 2.75 bits per heavy atom. The molecule has 1 aromatic carbocycles. The van der Waals surface area contributed by atoms with E-state index in [-0.39, 0.29) is 23.4 Å². The highest BCUT2D eigenvalue weighted by molar-refractivity contribution is 7.89. The quantitative estimate of drug-likeness (QED) is 0.578. The van der Waals surface area contributed by atoms with Crippen LogP contribution in [-0.2, 0) is 29.3 Å². The molecule has 0 saturated carbocycles. The van der Waals surface area contributed by atoms with Crippen molar-refractivity contribution in [3.8, 4) is 17.3 Å². The standard InChI is InChI=1S/C20H20F3N5O3S/c1-12-10-28-11-17(27-19(28)31-12)16-7-15(32(29,30)24-2)9-26-18(16)25-8-13-4-3-5-14(6-13)20(21,22)23/h3-7,9,11-12,24H,8,10H2,1-2H3,(H,25,26). The van der Waals surface area contributed by atoms with Crippen molar-refractivity contribution in [3.05, 3.63) is 53.9 Å². The van der Waals surface area contributed by atoms with Gasteiger partial charge in [0.25, 0.3) is 6.01 Å². The van der Waals surface area contributed by atoms with Crippen molar-refractivity contribution >= 4 is 15.8 Å². The Hall–Kier alpha value is -3.12. The molecule has 3 heterocycles. The summed E-state index contributed by atoms with van der Waals surface area (Å²) < 4.78 is 73.2. The Labute approximate surface area is 182 Å². The van der Waals surface area contributed by atoms with Gasteiger partial charge in [0.05, 0.1) is 17.8 Å². The van der Waals surface area contributed by atoms with Crippen LogP contribution in [0.5, 0.6) is 6.01 Å². The highest BCUT2D eigenvalue weighted by Crippen LogP contribution is 2.33. The number of aromatic nitrogens is 3. The Kier molecular flexibility index (Phi) is 5.59. The number of halogens is 3. The van der Waals surface area contributed by atoms with Gasteiger partial charge in [-0.15, -0.1) is 0 Å². The predicted molar refractivity (Wildman–Crippen MR) is 111 cm³/mol. The first-order valence-corrected chi connectivity index (χ1v) is 11.1. The minimum absolute atomic E-state index is 0.0285. The molecule has 2 aromatic heterocycles. The second kappa shape index (κ2) is 8.10. The normalized spacial score (nSPS) is 16.0. The fourth-order valence-corrected chi connectivity index (χ4v) is 4.04. The number of pyridine rings is 1. The van der Waals surface area contributed by atoms with Gasteiger partial charge >= 0.3 is 6.18 Å². The SMILES string of the molecule is CNS(=O)(=O)c1cnc(NCc2cccc(C(F)(F)F)c2)c(-c2cn3c(n2)OC(C)C3)c1. The van der Waals surface area contributed by atoms with Crippen LogP contribution in [0.3, 0.4) is 0 Å². The average molecular weight is 467 g/mol. The van der Waals surface area contributed by atoms with E-state index in [1.165, 1.54) is 25.4 Å². The number of anilines is 1. The summed E-state index contributed by atoms with van der Waals surface area (Å²) in [5.41, 5.74) is 0.451. The van der Waals surface area contributed by atoms with E-state index in [1.807, 2.05) is 6.92 Å². The molecular weight excluding hydrogens is 447 g/mol. The van der Waals surface area contributed by atoms with Gasteiger partial charge in [-0.25, -0.2) is 18.1 Å². The number of nitrogens with zero attached hydrogens (tertiary/aromatic N) is 3. The molecule has 0 bridgehead atoms. The number of rotatable bonds is 6. The fourth-order valence-electron chi connectivity index (χ4n) is 3.34. The molecule has 8 nitrogen and oxygen atoms in total. The predicted octanol–water partition coefficient (Wildman–Crippen LogP) is 3.27. The minimum Gasteiger partial charge on any atom is -0.460 e. The van der Waals surface area contributed by atoms with Crippen LogP contribution in [0.1, 0.15) is 18.1 Å². The monoisotopic (exact) mass is 467 g/mol. The first kappa shape index (κ1) is 22.1. The molecule has 12 heteroatoms. The average Bonchev–Trinajstić information content (AvgIpc) is 3.29. The van der Waals surface area contributed by atoms with Crippen LogP contribution in [0, 0.1) is 0 Å². The molecule has 4 rings (SSSR count). The summed E-state index contributed by atoms with van der Waals surface area (Å²) in [7, 11) is -2.48. The minimum atomic E-state index is -4.45. The zero-order chi connectivity index (χ0) is 23.1. The molecule has 0 amide bonds. The molecule has 0 radical (unpaired) electrons. The molecule has 0 saturated heterocycles. The van der Waals surface area contributed by atoms with E-state index in [1.54, 1.807) is 16.8 Å². The van der Waals surface area contributed by atoms with Gasteiger partial charge in [0.1, 0.15) is 16.8 Å². The Bertz CT molecular complexity index is 1230. The third-order valence-corrected chi connectivity index (χ3v) is 6.31. The van der Waals surface area contributed by atoms with Gasteiger partial charge in [-0.2, -0.15) is 18.2 Å². The number of ether oxygens (including phenoxy) is 1. The first-order valence-electron chi connectivity index (χ1n) is 9.64. The molecule has 32 heavy (non-hydrogen) atoms. The van der Waals surface area contributed by atoms with Crippen molar-refractivity contribution in [1.82, 2.24) is 19.3 Å². The van der Waals surface area contributed by atoms with E-state index in [2.05, 4.69) is 20.0 Å². The zero-order valence-corrected chi connectivity index (χ0v) is 18.0. The van der Waals surface area contributed by atoms with Gasteiger partial charge in [-0.05, 0) is 37.7 Å². The molecule has 0 spiro atoms. The van der Waals surface area contributed by atoms with Crippen LogP contribution < -0.4 is 14.8 Å². The third-order valence-electron chi connectivity index (χ3n) is 4.93. The van der Waals surface area contributed by atoms with Crippen LogP contribution >= 0.6 is 0 Å². The number of fused-ring (bicyclic) bond motifs is 1. The molecule has 1 atom stereocenters. The van der Waals surface area contributed by atoms with Crippen molar-refractivity contribution in [1.29, 1.82) is 0 Å². The van der Waals surface area contributed by atoms with Crippen molar-refractivity contribution in [3.63, 3.8) is 0 Å². The maximum atomic E-state index is 13.0. The molecule has 0 fully saturated rings. The lowest BCUT2D eigenvalue weighted by molar-refractivity contribution is -0.137. The number of hydrogen-bond donors (Lipinski definition) is 2. The van der Waals surface area contributed by atoms with Crippen LogP contribution in [0.25, 0.3) is 11.3 Å². The van der Waals surface area contributed by atoms with E-state index < -0.39 is 21.8 Å². The molecule has 3 aromatic rings. The molecule has 1 aliphatic rings. The fraction of sp³-hybridized carbons (Fsp3) is 0.300. The van der Waals surface area contributed by atoms with Gasteiger partial charge in [0.15, 0.2) is 0 Å². The lowest BCUT2D eigenvalue weighted by Crippen LogP contribution is -2.19. The number of sulfonamides is 1. The smallest absolute Gasteiger partial charge is 0.416 e. The van der Waals surface area contributed by atoms with E-state index in [4.69, 9.17) is 4.74 Å². The number of hydrogen-bond acceptors (Lipinski definition) is 6. The summed E-state index contributed by atoms with van der Waals surface area (Å²) in [6.07, 6.45) is -1.58. The summed E-state index contributed by atoms with van der Waals surface area (Å²) in [5.74, 6) is 0.280. The van der Waals surface area contributed by atoms with Gasteiger partial charge < -0.3 is 10.1 Å². The topological polar surface area (TPSA) is 98.1 Å². The molecule has 0 aliphatic carbocycles. The van der Waals surface area contributed by atoms with Crippen molar-refractivity contribution in [2.75, 3.05) is 12.4 Å². The number of imidazole rings is 1. The summed E-state index contributed by atoms with van der Waals surface area (Å²) in [5, 5.41) is 2.99. The second-order valence-electron chi connectivity index (χ2n) is 7.32. The van der Waals surface area contributed by atoms with Crippen molar-refractivity contribution in [2.24, 2.45) is 0 Å². The van der Waals surface area contributed by atoms with Crippen LogP contribution in [0.15, 0.2) is 47.6 Å². The molecule has 170 valence electrons. The summed E-state index contributed by atoms with van der Waals surface area (Å²) in [6, 6.07) is 6.75. The summed E-state index contributed by atoms with van der Waals surface area (Å²) in [4.78, 5) is 8.56. The highest BCUT2D eigenvalue weighted by atomic mass is 32.2. The lowest BCUT2D eigenvalue weighted by Gasteiger charge is -2.13. The summed E-state index contributed by atoms with van der Waals surface area (Å²) >= 11 is 0. The maximum Gasteiger partial charge on any atom is 0.416 e. The Balaban J connectivity index is 1.68.